The first-order valence-electron chi connectivity index (χ1n) is 12.6. The van der Waals surface area contributed by atoms with E-state index in [1.54, 1.807) is 74.5 Å². The molecule has 1 atom stereocenters. The van der Waals surface area contributed by atoms with E-state index in [9.17, 15) is 18.0 Å². The van der Waals surface area contributed by atoms with Crippen molar-refractivity contribution < 1.29 is 18.0 Å². The molecule has 0 radical (unpaired) electrons. The molecule has 3 rings (SSSR count). The molecule has 1 N–H and O–H groups in total. The van der Waals surface area contributed by atoms with E-state index < -0.39 is 28.5 Å². The molecule has 0 aromatic heterocycles. The molecule has 0 spiro atoms. The highest BCUT2D eigenvalue weighted by Gasteiger charge is 2.33. The summed E-state index contributed by atoms with van der Waals surface area (Å²) in [5.41, 5.74) is 1.61. The van der Waals surface area contributed by atoms with Crippen LogP contribution in [-0.2, 0) is 26.2 Å². The Balaban J connectivity index is 2.03. The summed E-state index contributed by atoms with van der Waals surface area (Å²) < 4.78 is 28.7. The van der Waals surface area contributed by atoms with Crippen molar-refractivity contribution >= 4 is 50.7 Å². The lowest BCUT2D eigenvalue weighted by molar-refractivity contribution is -0.139. The zero-order valence-corrected chi connectivity index (χ0v) is 24.7. The summed E-state index contributed by atoms with van der Waals surface area (Å²) in [6, 6.07) is 18.8. The normalized spacial score (nSPS) is 12.2. The number of hydrogen-bond acceptors (Lipinski definition) is 4. The first-order chi connectivity index (χ1) is 18.4. The smallest absolute Gasteiger partial charge is 0.264 e. The van der Waals surface area contributed by atoms with Gasteiger partial charge >= 0.3 is 0 Å². The van der Waals surface area contributed by atoms with E-state index in [-0.39, 0.29) is 23.3 Å². The van der Waals surface area contributed by atoms with Crippen LogP contribution in [0.2, 0.25) is 10.0 Å². The van der Waals surface area contributed by atoms with Gasteiger partial charge in [0.15, 0.2) is 0 Å². The predicted octanol–water partition coefficient (Wildman–Crippen LogP) is 5.69. The van der Waals surface area contributed by atoms with Gasteiger partial charge in [-0.3, -0.25) is 13.9 Å². The minimum absolute atomic E-state index is 0.0382. The van der Waals surface area contributed by atoms with Crippen LogP contribution in [0.4, 0.5) is 5.69 Å². The summed E-state index contributed by atoms with van der Waals surface area (Å²) in [6.45, 7) is 7.28. The van der Waals surface area contributed by atoms with E-state index in [0.717, 1.165) is 4.31 Å². The molecular weight excluding hydrogens is 557 g/mol. The Bertz CT molecular complexity index is 1420. The van der Waals surface area contributed by atoms with Crippen LogP contribution in [0.5, 0.6) is 0 Å². The first kappa shape index (κ1) is 30.5. The first-order valence-corrected chi connectivity index (χ1v) is 14.7. The Morgan fingerprint density at radius 3 is 2.18 bits per heavy atom. The number of hydrogen-bond donors (Lipinski definition) is 1. The fraction of sp³-hybridized carbons (Fsp3) is 0.310. The summed E-state index contributed by atoms with van der Waals surface area (Å²) in [5, 5.41) is 3.80. The van der Waals surface area contributed by atoms with Gasteiger partial charge in [-0.1, -0.05) is 67.4 Å². The molecule has 0 aliphatic carbocycles. The number of halogens is 2. The predicted molar refractivity (Wildman–Crippen MR) is 156 cm³/mol. The molecule has 3 aromatic rings. The highest BCUT2D eigenvalue weighted by atomic mass is 35.5. The number of amides is 2. The van der Waals surface area contributed by atoms with Gasteiger partial charge in [0, 0.05) is 23.1 Å². The largest absolute Gasteiger partial charge is 0.354 e. The van der Waals surface area contributed by atoms with E-state index in [4.69, 9.17) is 23.2 Å². The average Bonchev–Trinajstić information content (AvgIpc) is 2.89. The second kappa shape index (κ2) is 13.3. The van der Waals surface area contributed by atoms with Crippen LogP contribution < -0.4 is 9.62 Å². The number of rotatable bonds is 11. The van der Waals surface area contributed by atoms with Crippen LogP contribution in [0.15, 0.2) is 77.7 Å². The SMILES string of the molecule is Cc1cc(Cl)ccc1N(CC(=O)N(Cc1cccc(Cl)c1)[C@H](C)C(=O)NCC(C)C)S(=O)(=O)c1ccccc1. The molecule has 7 nitrogen and oxygen atoms in total. The van der Waals surface area contributed by atoms with Crippen molar-refractivity contribution in [2.45, 2.75) is 45.2 Å². The van der Waals surface area contributed by atoms with Gasteiger partial charge in [-0.25, -0.2) is 8.42 Å². The Labute approximate surface area is 240 Å². The maximum absolute atomic E-state index is 13.9. The molecular formula is C29H33Cl2N3O4S. The summed E-state index contributed by atoms with van der Waals surface area (Å²) >= 11 is 12.3. The van der Waals surface area contributed by atoms with E-state index in [2.05, 4.69) is 5.32 Å². The van der Waals surface area contributed by atoms with Crippen molar-refractivity contribution in [3.8, 4) is 0 Å². The molecule has 0 aliphatic heterocycles. The Hall–Kier alpha value is -3.07. The summed E-state index contributed by atoms with van der Waals surface area (Å²) in [7, 11) is -4.14. The van der Waals surface area contributed by atoms with Gasteiger partial charge < -0.3 is 10.2 Å². The van der Waals surface area contributed by atoms with Gasteiger partial charge in [-0.05, 0) is 73.4 Å². The monoisotopic (exact) mass is 589 g/mol. The van der Waals surface area contributed by atoms with E-state index in [0.29, 0.717) is 33.4 Å². The molecule has 0 unspecified atom stereocenters. The van der Waals surface area contributed by atoms with E-state index in [1.807, 2.05) is 13.8 Å². The maximum atomic E-state index is 13.9. The topological polar surface area (TPSA) is 86.8 Å². The van der Waals surface area contributed by atoms with E-state index >= 15 is 0 Å². The molecule has 0 aliphatic rings. The van der Waals surface area contributed by atoms with E-state index in [1.165, 1.54) is 17.0 Å². The van der Waals surface area contributed by atoms with Crippen molar-refractivity contribution in [3.63, 3.8) is 0 Å². The van der Waals surface area contributed by atoms with Gasteiger partial charge in [0.05, 0.1) is 10.6 Å². The summed E-state index contributed by atoms with van der Waals surface area (Å²) in [4.78, 5) is 28.4. The number of sulfonamides is 1. The van der Waals surface area contributed by atoms with Gasteiger partial charge in [-0.2, -0.15) is 0 Å². The van der Waals surface area contributed by atoms with Crippen LogP contribution in [0.3, 0.4) is 0 Å². The van der Waals surface area contributed by atoms with Crippen molar-refractivity contribution in [1.29, 1.82) is 0 Å². The number of benzene rings is 3. The van der Waals surface area contributed by atoms with Gasteiger partial charge in [0.2, 0.25) is 11.8 Å². The third-order valence-corrected chi connectivity index (χ3v) is 8.38. The quantitative estimate of drug-likeness (QED) is 0.311. The molecule has 0 fully saturated rings. The van der Waals surface area contributed by atoms with Crippen molar-refractivity contribution in [2.24, 2.45) is 5.92 Å². The van der Waals surface area contributed by atoms with Crippen LogP contribution in [0.25, 0.3) is 0 Å². The number of nitrogens with one attached hydrogen (secondary N) is 1. The average molecular weight is 591 g/mol. The van der Waals surface area contributed by atoms with Gasteiger partial charge in [0.1, 0.15) is 12.6 Å². The molecule has 0 bridgehead atoms. The van der Waals surface area contributed by atoms with Gasteiger partial charge in [-0.15, -0.1) is 0 Å². The van der Waals surface area contributed by atoms with Gasteiger partial charge in [0.25, 0.3) is 10.0 Å². The number of nitrogens with zero attached hydrogens (tertiary/aromatic N) is 2. The molecule has 39 heavy (non-hydrogen) atoms. The lowest BCUT2D eigenvalue weighted by Gasteiger charge is -2.32. The molecule has 2 amide bonds. The lowest BCUT2D eigenvalue weighted by atomic mass is 10.1. The Kier molecular flexibility index (Phi) is 10.4. The van der Waals surface area contributed by atoms with Crippen molar-refractivity contribution in [2.75, 3.05) is 17.4 Å². The molecule has 208 valence electrons. The summed E-state index contributed by atoms with van der Waals surface area (Å²) in [5.74, 6) is -0.659. The fourth-order valence-corrected chi connectivity index (χ4v) is 5.94. The fourth-order valence-electron chi connectivity index (χ4n) is 4.00. The number of anilines is 1. The van der Waals surface area contributed by atoms with Crippen LogP contribution in [0.1, 0.15) is 31.9 Å². The third-order valence-electron chi connectivity index (χ3n) is 6.13. The number of carbonyl (C=O) groups is 2. The lowest BCUT2D eigenvalue weighted by Crippen LogP contribution is -2.51. The minimum atomic E-state index is -4.14. The highest BCUT2D eigenvalue weighted by molar-refractivity contribution is 7.92. The van der Waals surface area contributed by atoms with Crippen LogP contribution in [-0.4, -0.2) is 44.3 Å². The molecule has 0 saturated carbocycles. The zero-order valence-electron chi connectivity index (χ0n) is 22.4. The third kappa shape index (κ3) is 7.97. The maximum Gasteiger partial charge on any atom is 0.264 e. The number of carbonyl (C=O) groups excluding carboxylic acids is 2. The van der Waals surface area contributed by atoms with Crippen LogP contribution >= 0.6 is 23.2 Å². The Morgan fingerprint density at radius 1 is 0.897 bits per heavy atom. The zero-order chi connectivity index (χ0) is 28.7. The standard InChI is InChI=1S/C29H33Cl2N3O4S/c1-20(2)17-32-29(36)22(4)33(18-23-9-8-10-24(30)16-23)28(35)19-34(27-14-13-25(31)15-21(27)3)39(37,38)26-11-6-5-7-12-26/h5-16,20,22H,17-19H2,1-4H3,(H,32,36)/t22-/m1/s1. The summed E-state index contributed by atoms with van der Waals surface area (Å²) in [6.07, 6.45) is 0. The van der Waals surface area contributed by atoms with Crippen LogP contribution in [0, 0.1) is 12.8 Å². The second-order valence-electron chi connectivity index (χ2n) is 9.72. The molecule has 0 heterocycles. The molecule has 10 heteroatoms. The molecule has 0 saturated heterocycles. The number of aryl methyl sites for hydroxylation is 1. The minimum Gasteiger partial charge on any atom is -0.354 e. The van der Waals surface area contributed by atoms with Crippen molar-refractivity contribution in [3.05, 3.63) is 94.0 Å². The van der Waals surface area contributed by atoms with Crippen molar-refractivity contribution in [1.82, 2.24) is 10.2 Å². The Morgan fingerprint density at radius 2 is 1.56 bits per heavy atom. The second-order valence-corrected chi connectivity index (χ2v) is 12.5. The molecule has 3 aromatic carbocycles. The highest BCUT2D eigenvalue weighted by Crippen LogP contribution is 2.29.